The minimum atomic E-state index is -0.503. The molecule has 0 bridgehead atoms. The summed E-state index contributed by atoms with van der Waals surface area (Å²) in [6.45, 7) is 0. The zero-order valence-corrected chi connectivity index (χ0v) is 8.17. The van der Waals surface area contributed by atoms with Crippen LogP contribution < -0.4 is 10.9 Å². The molecule has 0 saturated carbocycles. The zero-order valence-electron chi connectivity index (χ0n) is 7.35. The van der Waals surface area contributed by atoms with Crippen molar-refractivity contribution in [3.63, 3.8) is 0 Å². The van der Waals surface area contributed by atoms with Crippen LogP contribution in [0, 0.1) is 0 Å². The van der Waals surface area contributed by atoms with Crippen LogP contribution >= 0.6 is 12.2 Å². The molecule has 2 heterocycles. The number of fused-ring (bicyclic) bond motifs is 1. The Kier molecular flexibility index (Phi) is 2.10. The molecule has 74 valence electrons. The molecule has 2 N–H and O–H groups in total. The van der Waals surface area contributed by atoms with E-state index in [1.807, 2.05) is 0 Å². The minimum absolute atomic E-state index is 0.503. The smallest absolute Gasteiger partial charge is 0.429 e. The highest BCUT2D eigenvalue weighted by molar-refractivity contribution is 7.80. The molecule has 2 aliphatic heterocycles. The first-order valence-corrected chi connectivity index (χ1v) is 4.25. The highest BCUT2D eigenvalue weighted by Crippen LogP contribution is 2.13. The van der Waals surface area contributed by atoms with E-state index in [0.717, 1.165) is 0 Å². The number of rotatable bonds is 0. The maximum absolute atomic E-state index is 11.1. The third kappa shape index (κ3) is 1.32. The molecule has 0 aromatic rings. The van der Waals surface area contributed by atoms with E-state index in [2.05, 4.69) is 15.6 Å². The normalized spacial score (nSPS) is 18.9. The number of ether oxygens (including phenoxy) is 1. The molecule has 0 radical (unpaired) electrons. The van der Waals surface area contributed by atoms with Crippen molar-refractivity contribution in [2.75, 3.05) is 7.11 Å². The average Bonchev–Trinajstić information content (AvgIpc) is 2.62. The summed E-state index contributed by atoms with van der Waals surface area (Å²) in [5, 5.41) is 5.69. The van der Waals surface area contributed by atoms with E-state index in [9.17, 15) is 4.79 Å². The van der Waals surface area contributed by atoms with Crippen LogP contribution in [-0.4, -0.2) is 28.2 Å². The first-order valence-electron chi connectivity index (χ1n) is 3.85. The van der Waals surface area contributed by atoms with Gasteiger partial charge in [0, 0.05) is 6.20 Å². The maximum Gasteiger partial charge on any atom is 0.429 e. The van der Waals surface area contributed by atoms with Gasteiger partial charge in [0.25, 0.3) is 0 Å². The van der Waals surface area contributed by atoms with Crippen molar-refractivity contribution >= 4 is 23.3 Å². The number of carbonyl (C=O) groups excluding carboxylic acids is 1. The molecule has 0 unspecified atom stereocenters. The highest BCUT2D eigenvalue weighted by atomic mass is 32.1. The predicted octanol–water partition coefficient (Wildman–Crippen LogP) is 0.0332. The number of methoxy groups -OCH3 is 1. The fraction of sp³-hybridized carbons (Fsp3) is 0.143. The van der Waals surface area contributed by atoms with Crippen molar-refractivity contribution in [2.45, 2.75) is 0 Å². The fourth-order valence-corrected chi connectivity index (χ4v) is 1.31. The summed E-state index contributed by atoms with van der Waals surface area (Å²) in [5.41, 5.74) is 2.74. The van der Waals surface area contributed by atoms with Crippen LogP contribution in [0.5, 0.6) is 0 Å². The zero-order chi connectivity index (χ0) is 10.1. The standard InChI is InChI=1S/C7H8N4O2S/c1-13-7(12)10-4-5-8-3-2-6(14)11(5)9-10/h2-4,8-9H,1H3. The molecule has 0 saturated heterocycles. The summed E-state index contributed by atoms with van der Waals surface area (Å²) in [4.78, 5) is 11.7. The summed E-state index contributed by atoms with van der Waals surface area (Å²) in [5.74, 6) is 0.683. The number of thiocarbonyl (C=S) groups is 1. The first-order chi connectivity index (χ1) is 6.72. The molecule has 0 aromatic heterocycles. The van der Waals surface area contributed by atoms with Gasteiger partial charge in [-0.1, -0.05) is 12.2 Å². The second kappa shape index (κ2) is 3.28. The first kappa shape index (κ1) is 8.97. The molecular weight excluding hydrogens is 204 g/mol. The Bertz CT molecular complexity index is 352. The number of hydrogen-bond acceptors (Lipinski definition) is 5. The average molecular weight is 212 g/mol. The molecule has 0 fully saturated rings. The number of hydrazine groups is 2. The number of nitrogens with zero attached hydrogens (tertiary/aromatic N) is 2. The predicted molar refractivity (Wildman–Crippen MR) is 52.2 cm³/mol. The monoisotopic (exact) mass is 212 g/mol. The van der Waals surface area contributed by atoms with Crippen LogP contribution in [0.4, 0.5) is 4.79 Å². The van der Waals surface area contributed by atoms with Crippen molar-refractivity contribution in [3.8, 4) is 0 Å². The molecule has 0 aliphatic carbocycles. The third-order valence-electron chi connectivity index (χ3n) is 1.75. The van der Waals surface area contributed by atoms with Gasteiger partial charge in [-0.25, -0.2) is 9.80 Å². The van der Waals surface area contributed by atoms with E-state index in [1.54, 1.807) is 23.5 Å². The van der Waals surface area contributed by atoms with E-state index in [1.165, 1.54) is 12.1 Å². The van der Waals surface area contributed by atoms with Crippen molar-refractivity contribution in [1.29, 1.82) is 0 Å². The lowest BCUT2D eigenvalue weighted by atomic mass is 10.5. The summed E-state index contributed by atoms with van der Waals surface area (Å²) in [6, 6.07) is 0. The summed E-state index contributed by atoms with van der Waals surface area (Å²) < 4.78 is 4.54. The van der Waals surface area contributed by atoms with Crippen molar-refractivity contribution in [3.05, 3.63) is 24.3 Å². The molecule has 2 aliphatic rings. The lowest BCUT2D eigenvalue weighted by Crippen LogP contribution is -2.47. The Balaban J connectivity index is 2.17. The third-order valence-corrected chi connectivity index (χ3v) is 2.07. The molecule has 0 atom stereocenters. The molecule has 2 rings (SSSR count). The van der Waals surface area contributed by atoms with Gasteiger partial charge in [0.1, 0.15) is 10.8 Å². The van der Waals surface area contributed by atoms with E-state index >= 15 is 0 Å². The van der Waals surface area contributed by atoms with Crippen LogP contribution in [0.25, 0.3) is 0 Å². The molecule has 1 amide bonds. The number of carbonyl (C=O) groups is 1. The van der Waals surface area contributed by atoms with Gasteiger partial charge in [0.2, 0.25) is 0 Å². The van der Waals surface area contributed by atoms with E-state index in [-0.39, 0.29) is 0 Å². The van der Waals surface area contributed by atoms with Crippen molar-refractivity contribution < 1.29 is 9.53 Å². The maximum atomic E-state index is 11.1. The fourth-order valence-electron chi connectivity index (χ4n) is 1.11. The van der Waals surface area contributed by atoms with Crippen molar-refractivity contribution in [2.24, 2.45) is 0 Å². The molecule has 14 heavy (non-hydrogen) atoms. The van der Waals surface area contributed by atoms with Crippen LogP contribution in [0.1, 0.15) is 0 Å². The van der Waals surface area contributed by atoms with Gasteiger partial charge in [0.05, 0.1) is 13.3 Å². The van der Waals surface area contributed by atoms with Gasteiger partial charge in [-0.2, -0.15) is 5.01 Å². The number of hydrogen-bond donors (Lipinski definition) is 2. The van der Waals surface area contributed by atoms with E-state index in [0.29, 0.717) is 10.8 Å². The van der Waals surface area contributed by atoms with Crippen LogP contribution in [0.3, 0.4) is 0 Å². The van der Waals surface area contributed by atoms with Crippen LogP contribution in [0.2, 0.25) is 0 Å². The van der Waals surface area contributed by atoms with Gasteiger partial charge in [-0.3, -0.25) is 0 Å². The Morgan fingerprint density at radius 1 is 1.64 bits per heavy atom. The SMILES string of the molecule is COC(=O)N1C=C2NC=CC(=S)N2N1. The quantitative estimate of drug-likeness (QED) is 0.553. The van der Waals surface area contributed by atoms with Crippen LogP contribution in [-0.2, 0) is 4.74 Å². The summed E-state index contributed by atoms with van der Waals surface area (Å²) >= 11 is 5.04. The topological polar surface area (TPSA) is 56.8 Å². The summed E-state index contributed by atoms with van der Waals surface area (Å²) in [6.07, 6.45) is 4.46. The van der Waals surface area contributed by atoms with Gasteiger partial charge < -0.3 is 10.1 Å². The Hall–Kier alpha value is -1.60. The van der Waals surface area contributed by atoms with Gasteiger partial charge >= 0.3 is 6.09 Å². The van der Waals surface area contributed by atoms with Crippen molar-refractivity contribution in [1.82, 2.24) is 20.9 Å². The molecular formula is C7H8N4O2S. The Labute approximate surface area is 85.7 Å². The van der Waals surface area contributed by atoms with Gasteiger partial charge in [-0.05, 0) is 6.08 Å². The second-order valence-electron chi connectivity index (χ2n) is 2.61. The Morgan fingerprint density at radius 2 is 2.43 bits per heavy atom. The van der Waals surface area contributed by atoms with Gasteiger partial charge in [-0.15, -0.1) is 5.53 Å². The van der Waals surface area contributed by atoms with Gasteiger partial charge in [0.15, 0.2) is 0 Å². The Morgan fingerprint density at radius 3 is 3.07 bits per heavy atom. The lowest BCUT2D eigenvalue weighted by molar-refractivity contribution is 0.108. The number of nitrogens with one attached hydrogen (secondary N) is 2. The molecule has 0 spiro atoms. The molecule has 0 aromatic carbocycles. The highest BCUT2D eigenvalue weighted by Gasteiger charge is 2.28. The molecule has 7 heteroatoms. The molecule has 6 nitrogen and oxygen atoms in total. The number of amides is 1. The van der Waals surface area contributed by atoms with E-state index in [4.69, 9.17) is 12.2 Å². The lowest BCUT2D eigenvalue weighted by Gasteiger charge is -2.24. The largest absolute Gasteiger partial charge is 0.452 e. The second-order valence-corrected chi connectivity index (χ2v) is 3.02. The van der Waals surface area contributed by atoms with E-state index < -0.39 is 6.09 Å². The minimum Gasteiger partial charge on any atom is -0.452 e. The van der Waals surface area contributed by atoms with Crippen LogP contribution in [0.15, 0.2) is 24.3 Å². The summed E-state index contributed by atoms with van der Waals surface area (Å²) in [7, 11) is 1.31.